The van der Waals surface area contributed by atoms with E-state index in [0.29, 0.717) is 44.3 Å². The van der Waals surface area contributed by atoms with Crippen LogP contribution in [-0.2, 0) is 10.3 Å². The third kappa shape index (κ3) is 4.88. The Morgan fingerprint density at radius 1 is 1.06 bits per heavy atom. The first-order valence-electron chi connectivity index (χ1n) is 11.6. The van der Waals surface area contributed by atoms with Crippen molar-refractivity contribution in [3.8, 4) is 0 Å². The number of benzene rings is 1. The maximum atomic E-state index is 13.3. The molecule has 0 atom stereocenters. The molecule has 1 aliphatic heterocycles. The number of aryl methyl sites for hydroxylation is 2. The summed E-state index contributed by atoms with van der Waals surface area (Å²) in [5.74, 6) is 0.540. The van der Waals surface area contributed by atoms with Crippen molar-refractivity contribution in [1.82, 2.24) is 19.6 Å². The maximum absolute atomic E-state index is 13.3. The smallest absolute Gasteiger partial charge is 0.272 e. The number of piperazine rings is 1. The van der Waals surface area contributed by atoms with Gasteiger partial charge in [0.1, 0.15) is 5.69 Å². The third-order valence-corrected chi connectivity index (χ3v) is 6.35. The number of carbonyl (C=O) groups excluding carboxylic acids is 2. The van der Waals surface area contributed by atoms with Gasteiger partial charge >= 0.3 is 0 Å². The quantitative estimate of drug-likeness (QED) is 0.777. The molecule has 0 bridgehead atoms. The van der Waals surface area contributed by atoms with Crippen LogP contribution in [0.25, 0.3) is 0 Å². The van der Waals surface area contributed by atoms with Crippen LogP contribution in [0.2, 0.25) is 0 Å². The molecule has 2 aromatic rings. The van der Waals surface area contributed by atoms with Crippen molar-refractivity contribution in [3.63, 3.8) is 0 Å². The van der Waals surface area contributed by atoms with Crippen LogP contribution in [0, 0.1) is 13.8 Å². The molecule has 1 saturated heterocycles. The fourth-order valence-corrected chi connectivity index (χ4v) is 4.31. The SMILES string of the molecule is Cc1cccc(C)c1NC(=O)CN1CCN(C(=O)c2cc(C3CC3)nn2C(C)(C)C)CC1. The Bertz CT molecular complexity index is 988. The predicted molar refractivity (Wildman–Crippen MR) is 126 cm³/mol. The van der Waals surface area contributed by atoms with Gasteiger partial charge < -0.3 is 10.2 Å². The highest BCUT2D eigenvalue weighted by Gasteiger charge is 2.33. The minimum Gasteiger partial charge on any atom is -0.335 e. The largest absolute Gasteiger partial charge is 0.335 e. The summed E-state index contributed by atoms with van der Waals surface area (Å²) in [4.78, 5) is 30.0. The summed E-state index contributed by atoms with van der Waals surface area (Å²) in [5, 5.41) is 7.83. The number of nitrogens with one attached hydrogen (secondary N) is 1. The highest BCUT2D eigenvalue weighted by molar-refractivity contribution is 5.94. The average Bonchev–Trinajstić information content (AvgIpc) is 3.48. The van der Waals surface area contributed by atoms with Crippen LogP contribution in [-0.4, -0.2) is 64.1 Å². The number of amides is 2. The van der Waals surface area contributed by atoms with E-state index >= 15 is 0 Å². The van der Waals surface area contributed by atoms with E-state index in [1.807, 2.05) is 47.7 Å². The summed E-state index contributed by atoms with van der Waals surface area (Å²) < 4.78 is 1.90. The Kier molecular flexibility index (Phi) is 6.12. The van der Waals surface area contributed by atoms with Gasteiger partial charge in [-0.05, 0) is 64.7 Å². The van der Waals surface area contributed by atoms with Gasteiger partial charge in [-0.1, -0.05) is 18.2 Å². The van der Waals surface area contributed by atoms with E-state index in [9.17, 15) is 9.59 Å². The van der Waals surface area contributed by atoms with E-state index in [-0.39, 0.29) is 17.4 Å². The van der Waals surface area contributed by atoms with Crippen molar-refractivity contribution < 1.29 is 9.59 Å². The van der Waals surface area contributed by atoms with Crippen molar-refractivity contribution >= 4 is 17.5 Å². The van der Waals surface area contributed by atoms with Crippen molar-refractivity contribution in [2.45, 2.75) is 58.9 Å². The molecule has 0 spiro atoms. The van der Waals surface area contributed by atoms with Crippen LogP contribution in [0.15, 0.2) is 24.3 Å². The molecule has 4 rings (SSSR count). The summed E-state index contributed by atoms with van der Waals surface area (Å²) in [6, 6.07) is 8.00. The average molecular weight is 438 g/mol. The summed E-state index contributed by atoms with van der Waals surface area (Å²) in [7, 11) is 0. The van der Waals surface area contributed by atoms with E-state index in [0.717, 1.165) is 35.3 Å². The van der Waals surface area contributed by atoms with Crippen molar-refractivity contribution in [1.29, 1.82) is 0 Å². The molecule has 2 heterocycles. The van der Waals surface area contributed by atoms with Crippen molar-refractivity contribution in [2.75, 3.05) is 38.0 Å². The molecular weight excluding hydrogens is 402 g/mol. The van der Waals surface area contributed by atoms with Crippen LogP contribution < -0.4 is 5.32 Å². The molecule has 2 amide bonds. The van der Waals surface area contributed by atoms with Gasteiger partial charge in [-0.25, -0.2) is 0 Å². The molecule has 1 saturated carbocycles. The number of hydrogen-bond acceptors (Lipinski definition) is 4. The second kappa shape index (κ2) is 8.70. The van der Waals surface area contributed by atoms with E-state index in [4.69, 9.17) is 5.10 Å². The van der Waals surface area contributed by atoms with E-state index in [2.05, 4.69) is 31.0 Å². The normalized spacial score (nSPS) is 17.5. The van der Waals surface area contributed by atoms with Gasteiger partial charge in [0.25, 0.3) is 5.91 Å². The van der Waals surface area contributed by atoms with E-state index < -0.39 is 0 Å². The number of para-hydroxylation sites is 1. The monoisotopic (exact) mass is 437 g/mol. The van der Waals surface area contributed by atoms with Gasteiger partial charge in [-0.3, -0.25) is 19.2 Å². The Balaban J connectivity index is 1.36. The fourth-order valence-electron chi connectivity index (χ4n) is 4.31. The molecule has 7 heteroatoms. The lowest BCUT2D eigenvalue weighted by atomic mass is 10.1. The molecule has 1 aliphatic carbocycles. The molecule has 2 fully saturated rings. The van der Waals surface area contributed by atoms with E-state index in [1.54, 1.807) is 0 Å². The number of aromatic nitrogens is 2. The number of carbonyl (C=O) groups is 2. The van der Waals surface area contributed by atoms with Crippen LogP contribution in [0.4, 0.5) is 5.69 Å². The number of rotatable bonds is 5. The topological polar surface area (TPSA) is 70.5 Å². The second-order valence-corrected chi connectivity index (χ2v) is 10.2. The number of nitrogens with zero attached hydrogens (tertiary/aromatic N) is 4. The number of hydrogen-bond donors (Lipinski definition) is 1. The van der Waals surface area contributed by atoms with Gasteiger partial charge in [0.05, 0.1) is 17.8 Å². The molecule has 1 aromatic heterocycles. The molecule has 172 valence electrons. The first kappa shape index (κ1) is 22.5. The summed E-state index contributed by atoms with van der Waals surface area (Å²) >= 11 is 0. The Hall–Kier alpha value is -2.67. The van der Waals surface area contributed by atoms with Crippen molar-refractivity contribution in [2.24, 2.45) is 0 Å². The zero-order valence-electron chi connectivity index (χ0n) is 19.9. The molecule has 1 aromatic carbocycles. The molecular formula is C25H35N5O2. The zero-order valence-corrected chi connectivity index (χ0v) is 19.9. The minimum atomic E-state index is -0.244. The minimum absolute atomic E-state index is 0.0120. The van der Waals surface area contributed by atoms with Crippen LogP contribution in [0.3, 0.4) is 0 Å². The van der Waals surface area contributed by atoms with Crippen LogP contribution in [0.1, 0.15) is 66.8 Å². The number of anilines is 1. The molecule has 32 heavy (non-hydrogen) atoms. The van der Waals surface area contributed by atoms with Crippen molar-refractivity contribution in [3.05, 3.63) is 46.8 Å². The Morgan fingerprint density at radius 2 is 1.69 bits per heavy atom. The van der Waals surface area contributed by atoms with Gasteiger partial charge in [0, 0.05) is 37.8 Å². The molecule has 1 N–H and O–H groups in total. The summed E-state index contributed by atoms with van der Waals surface area (Å²) in [6.45, 7) is 13.2. The highest BCUT2D eigenvalue weighted by Crippen LogP contribution is 2.40. The molecule has 0 radical (unpaired) electrons. The van der Waals surface area contributed by atoms with Crippen LogP contribution >= 0.6 is 0 Å². The zero-order chi connectivity index (χ0) is 23.0. The highest BCUT2D eigenvalue weighted by atomic mass is 16.2. The van der Waals surface area contributed by atoms with Gasteiger partial charge in [-0.15, -0.1) is 0 Å². The van der Waals surface area contributed by atoms with Gasteiger partial charge in [-0.2, -0.15) is 5.10 Å². The summed E-state index contributed by atoms with van der Waals surface area (Å²) in [6.07, 6.45) is 2.33. The van der Waals surface area contributed by atoms with Crippen LogP contribution in [0.5, 0.6) is 0 Å². The first-order valence-corrected chi connectivity index (χ1v) is 11.6. The lowest BCUT2D eigenvalue weighted by Gasteiger charge is -2.35. The first-order chi connectivity index (χ1) is 15.1. The Morgan fingerprint density at radius 3 is 2.25 bits per heavy atom. The molecule has 2 aliphatic rings. The lowest BCUT2D eigenvalue weighted by molar-refractivity contribution is -0.117. The predicted octanol–water partition coefficient (Wildman–Crippen LogP) is 3.53. The van der Waals surface area contributed by atoms with Gasteiger partial charge in [0.2, 0.25) is 5.91 Å². The maximum Gasteiger partial charge on any atom is 0.272 e. The summed E-state index contributed by atoms with van der Waals surface area (Å²) in [5.41, 5.74) is 4.51. The molecule has 0 unspecified atom stereocenters. The van der Waals surface area contributed by atoms with Gasteiger partial charge in [0.15, 0.2) is 0 Å². The standard InChI is InChI=1S/C25H35N5O2/c1-17-7-6-8-18(2)23(17)26-22(31)16-28-11-13-29(14-12-28)24(32)21-15-20(19-9-10-19)27-30(21)25(3,4)5/h6-8,15,19H,9-14,16H2,1-5H3,(H,26,31). The lowest BCUT2D eigenvalue weighted by Crippen LogP contribution is -2.51. The molecule has 7 nitrogen and oxygen atoms in total. The Labute approximate surface area is 190 Å². The van der Waals surface area contributed by atoms with E-state index in [1.165, 1.54) is 0 Å². The fraction of sp³-hybridized carbons (Fsp3) is 0.560. The third-order valence-electron chi connectivity index (χ3n) is 6.35. The second-order valence-electron chi connectivity index (χ2n) is 10.2.